The highest BCUT2D eigenvalue weighted by atomic mass is 32.2. The van der Waals surface area contributed by atoms with Crippen LogP contribution in [0.25, 0.3) is 0 Å². The number of carboxylic acid groups (broad SMARTS) is 1. The molecule has 5 nitrogen and oxygen atoms in total. The second-order valence-corrected chi connectivity index (χ2v) is 1.97. The molecule has 0 saturated carbocycles. The zero-order chi connectivity index (χ0) is 7.98. The molecule has 0 aromatic carbocycles. The first-order valence-corrected chi connectivity index (χ1v) is 3.48. The van der Waals surface area contributed by atoms with Gasteiger partial charge in [0.15, 0.2) is 5.17 Å². The third-order valence-corrected chi connectivity index (χ3v) is 1.17. The highest BCUT2D eigenvalue weighted by Gasteiger charge is 1.99. The number of carbonyl (C=O) groups excluding carboxylic acids is 1. The second-order valence-electron chi connectivity index (χ2n) is 1.17. The van der Waals surface area contributed by atoms with Crippen molar-refractivity contribution in [3.63, 3.8) is 0 Å². The van der Waals surface area contributed by atoms with Crippen LogP contribution in [0.4, 0.5) is 4.79 Å². The summed E-state index contributed by atoms with van der Waals surface area (Å²) in [4.78, 5) is 22.8. The number of rotatable bonds is 1. The topological polar surface area (TPSA) is 78.8 Å². The van der Waals surface area contributed by atoms with Crippen molar-refractivity contribution in [3.8, 4) is 0 Å². The van der Waals surface area contributed by atoms with E-state index >= 15 is 0 Å². The minimum absolute atomic E-state index is 0.0718. The van der Waals surface area contributed by atoms with E-state index < -0.39 is 6.09 Å². The first-order chi connectivity index (χ1) is 4.70. The molecule has 56 valence electrons. The molecule has 6 heteroatoms. The van der Waals surface area contributed by atoms with Crippen molar-refractivity contribution in [2.75, 3.05) is 6.26 Å². The monoisotopic (exact) mass is 162 g/mol. The summed E-state index contributed by atoms with van der Waals surface area (Å²) in [5.74, 6) is 0. The number of aliphatic imine (C=N–C) groups is 1. The van der Waals surface area contributed by atoms with Gasteiger partial charge in [-0.15, -0.1) is 0 Å². The minimum atomic E-state index is -1.23. The Hall–Kier alpha value is -1.04. The second kappa shape index (κ2) is 4.80. The van der Waals surface area contributed by atoms with E-state index in [1.54, 1.807) is 6.26 Å². The van der Waals surface area contributed by atoms with Gasteiger partial charge in [-0.25, -0.2) is 4.79 Å². The summed E-state index contributed by atoms with van der Waals surface area (Å²) in [6, 6.07) is 0. The molecule has 0 heterocycles. The Bertz CT molecular complexity index is 168. The summed E-state index contributed by atoms with van der Waals surface area (Å²) in [5, 5.41) is 10.1. The van der Waals surface area contributed by atoms with E-state index in [4.69, 9.17) is 5.11 Å². The Morgan fingerprint density at radius 3 is 2.70 bits per heavy atom. The van der Waals surface area contributed by atoms with Gasteiger partial charge in [0.05, 0.1) is 0 Å². The molecule has 0 aliphatic carbocycles. The SMILES string of the molecule is CSC(=NC=O)NC(=O)O. The van der Waals surface area contributed by atoms with Crippen molar-refractivity contribution in [2.45, 2.75) is 0 Å². The van der Waals surface area contributed by atoms with E-state index in [0.29, 0.717) is 0 Å². The molecule has 10 heavy (non-hydrogen) atoms. The van der Waals surface area contributed by atoms with Crippen LogP contribution < -0.4 is 5.32 Å². The van der Waals surface area contributed by atoms with Crippen LogP contribution in [0.5, 0.6) is 0 Å². The van der Waals surface area contributed by atoms with Crippen LogP contribution in [0, 0.1) is 0 Å². The average Bonchev–Trinajstić information content (AvgIpc) is 1.86. The van der Waals surface area contributed by atoms with Crippen molar-refractivity contribution in [1.82, 2.24) is 5.32 Å². The Morgan fingerprint density at radius 1 is 1.80 bits per heavy atom. The van der Waals surface area contributed by atoms with Crippen molar-refractivity contribution < 1.29 is 14.7 Å². The number of amidine groups is 1. The fourth-order valence-electron chi connectivity index (χ4n) is 0.275. The Balaban J connectivity index is 3.95. The van der Waals surface area contributed by atoms with Crippen LogP contribution in [0.3, 0.4) is 0 Å². The molecular weight excluding hydrogens is 156 g/mol. The molecule has 0 unspecified atom stereocenters. The van der Waals surface area contributed by atoms with E-state index in [1.807, 2.05) is 5.32 Å². The predicted octanol–water partition coefficient (Wildman–Crippen LogP) is 0.129. The van der Waals surface area contributed by atoms with Crippen LogP contribution in [0.15, 0.2) is 4.99 Å². The van der Waals surface area contributed by atoms with E-state index in [-0.39, 0.29) is 11.6 Å². The lowest BCUT2D eigenvalue weighted by Crippen LogP contribution is -2.26. The van der Waals surface area contributed by atoms with Gasteiger partial charge in [-0.05, 0) is 6.26 Å². The summed E-state index contributed by atoms with van der Waals surface area (Å²) in [7, 11) is 0. The molecule has 0 bridgehead atoms. The van der Waals surface area contributed by atoms with E-state index in [9.17, 15) is 9.59 Å². The molecule has 0 aliphatic rings. The minimum Gasteiger partial charge on any atom is -0.465 e. The van der Waals surface area contributed by atoms with Crippen LogP contribution in [0.1, 0.15) is 0 Å². The molecule has 0 spiro atoms. The zero-order valence-corrected chi connectivity index (χ0v) is 6.01. The average molecular weight is 162 g/mol. The van der Waals surface area contributed by atoms with Gasteiger partial charge in [-0.2, -0.15) is 4.99 Å². The van der Waals surface area contributed by atoms with Gasteiger partial charge in [-0.3, -0.25) is 10.1 Å². The number of amides is 2. The molecule has 0 aliphatic heterocycles. The number of nitrogens with zero attached hydrogens (tertiary/aromatic N) is 1. The first-order valence-electron chi connectivity index (χ1n) is 2.26. The lowest BCUT2D eigenvalue weighted by Gasteiger charge is -1.97. The molecule has 0 atom stereocenters. The molecule has 0 radical (unpaired) electrons. The molecule has 0 aromatic heterocycles. The van der Waals surface area contributed by atoms with Crippen LogP contribution in [-0.4, -0.2) is 29.0 Å². The summed E-state index contributed by atoms with van der Waals surface area (Å²) < 4.78 is 0. The molecule has 0 fully saturated rings. The lowest BCUT2D eigenvalue weighted by molar-refractivity contribution is -0.106. The van der Waals surface area contributed by atoms with Crippen LogP contribution in [0.2, 0.25) is 0 Å². The molecule has 0 rings (SSSR count). The summed E-state index contributed by atoms with van der Waals surface area (Å²) in [6.07, 6.45) is 0.662. The Labute approximate surface area is 61.5 Å². The van der Waals surface area contributed by atoms with Gasteiger partial charge >= 0.3 is 6.09 Å². The van der Waals surface area contributed by atoms with E-state index in [1.165, 1.54) is 0 Å². The summed E-state index contributed by atoms with van der Waals surface area (Å²) in [5.41, 5.74) is 0. The fraction of sp³-hybridized carbons (Fsp3) is 0.250. The highest BCUT2D eigenvalue weighted by molar-refractivity contribution is 8.13. The van der Waals surface area contributed by atoms with Crippen LogP contribution >= 0.6 is 11.8 Å². The molecule has 0 saturated heterocycles. The third-order valence-electron chi connectivity index (χ3n) is 0.577. The summed E-state index contributed by atoms with van der Waals surface area (Å²) in [6.45, 7) is 0. The van der Waals surface area contributed by atoms with Crippen molar-refractivity contribution in [1.29, 1.82) is 0 Å². The third kappa shape index (κ3) is 3.90. The van der Waals surface area contributed by atoms with Crippen LogP contribution in [-0.2, 0) is 4.79 Å². The van der Waals surface area contributed by atoms with Crippen molar-refractivity contribution in [3.05, 3.63) is 0 Å². The number of hydrogen-bond acceptors (Lipinski definition) is 3. The van der Waals surface area contributed by atoms with Crippen molar-refractivity contribution in [2.24, 2.45) is 4.99 Å². The molecular formula is C4H6N2O3S. The summed E-state index contributed by atoms with van der Waals surface area (Å²) >= 11 is 1.05. The molecule has 0 aromatic rings. The zero-order valence-electron chi connectivity index (χ0n) is 5.20. The van der Waals surface area contributed by atoms with Gasteiger partial charge < -0.3 is 5.11 Å². The maximum Gasteiger partial charge on any atom is 0.410 e. The molecule has 2 amide bonds. The number of nitrogens with one attached hydrogen (secondary N) is 1. The number of hydrogen-bond donors (Lipinski definition) is 2. The number of carbonyl (C=O) groups is 2. The Morgan fingerprint density at radius 2 is 2.40 bits per heavy atom. The largest absolute Gasteiger partial charge is 0.465 e. The predicted molar refractivity (Wildman–Crippen MR) is 38.2 cm³/mol. The van der Waals surface area contributed by atoms with Gasteiger partial charge in [0.25, 0.3) is 0 Å². The quantitative estimate of drug-likeness (QED) is 0.326. The van der Waals surface area contributed by atoms with E-state index in [2.05, 4.69) is 4.99 Å². The van der Waals surface area contributed by atoms with Gasteiger partial charge in [-0.1, -0.05) is 11.8 Å². The standard InChI is InChI=1S/C4H6N2O3S/c1-10-3(5-2-7)6-4(8)9/h2H,1H3,(H,8,9)(H,5,6,7). The Kier molecular flexibility index (Phi) is 4.30. The van der Waals surface area contributed by atoms with Gasteiger partial charge in [0.2, 0.25) is 6.41 Å². The van der Waals surface area contributed by atoms with Gasteiger partial charge in [0.1, 0.15) is 0 Å². The smallest absolute Gasteiger partial charge is 0.410 e. The maximum absolute atomic E-state index is 9.92. The first kappa shape index (κ1) is 8.96. The van der Waals surface area contributed by atoms with Crippen molar-refractivity contribution >= 4 is 29.4 Å². The highest BCUT2D eigenvalue weighted by Crippen LogP contribution is 1.92. The fourth-order valence-corrected chi connectivity index (χ4v) is 0.613. The maximum atomic E-state index is 9.92. The molecule has 2 N–H and O–H groups in total. The normalized spacial score (nSPS) is 10.7. The van der Waals surface area contributed by atoms with E-state index in [0.717, 1.165) is 11.8 Å². The number of thioether (sulfide) groups is 1. The lowest BCUT2D eigenvalue weighted by atomic mass is 11.0. The van der Waals surface area contributed by atoms with Gasteiger partial charge in [0, 0.05) is 0 Å².